The molecule has 0 saturated heterocycles. The number of rotatable bonds is 4. The van der Waals surface area contributed by atoms with Crippen LogP contribution in [0.2, 0.25) is 5.02 Å². The standard InChI is InChI=1S/C15H18ClN3S/c1-3-10(4-2)14-9-18-15(20-14)19-12-6-5-11(8-17)13(16)7-12/h5-7,10,14H,3-4,9H2,1-2H3,(H,18,19). The van der Waals surface area contributed by atoms with Crippen LogP contribution in [0, 0.1) is 17.2 Å². The van der Waals surface area contributed by atoms with Crippen LogP contribution in [-0.4, -0.2) is 17.0 Å². The van der Waals surface area contributed by atoms with Gasteiger partial charge < -0.3 is 5.32 Å². The van der Waals surface area contributed by atoms with Gasteiger partial charge in [-0.05, 0) is 24.1 Å². The fourth-order valence-electron chi connectivity index (χ4n) is 2.33. The van der Waals surface area contributed by atoms with E-state index in [-0.39, 0.29) is 0 Å². The van der Waals surface area contributed by atoms with Crippen LogP contribution < -0.4 is 5.32 Å². The van der Waals surface area contributed by atoms with Crippen LogP contribution in [0.3, 0.4) is 0 Å². The highest BCUT2D eigenvalue weighted by atomic mass is 35.5. The Morgan fingerprint density at radius 3 is 2.85 bits per heavy atom. The van der Waals surface area contributed by atoms with E-state index in [2.05, 4.69) is 30.2 Å². The molecule has 0 aromatic heterocycles. The van der Waals surface area contributed by atoms with Crippen molar-refractivity contribution in [2.75, 3.05) is 11.9 Å². The summed E-state index contributed by atoms with van der Waals surface area (Å²) in [5, 5.41) is 14.1. The summed E-state index contributed by atoms with van der Waals surface area (Å²) in [6.07, 6.45) is 2.39. The van der Waals surface area contributed by atoms with Crippen molar-refractivity contribution in [2.24, 2.45) is 10.9 Å². The number of hydrogen-bond acceptors (Lipinski definition) is 4. The van der Waals surface area contributed by atoms with Crippen LogP contribution in [0.4, 0.5) is 5.69 Å². The Balaban J connectivity index is 1.99. The molecule has 0 fully saturated rings. The summed E-state index contributed by atoms with van der Waals surface area (Å²) in [7, 11) is 0. The molecule has 2 rings (SSSR count). The van der Waals surface area contributed by atoms with Gasteiger partial charge in [0.15, 0.2) is 5.17 Å². The molecule has 3 nitrogen and oxygen atoms in total. The van der Waals surface area contributed by atoms with Crippen molar-refractivity contribution in [3.63, 3.8) is 0 Å². The fraction of sp³-hybridized carbons (Fsp3) is 0.467. The molecule has 106 valence electrons. The maximum absolute atomic E-state index is 8.86. The van der Waals surface area contributed by atoms with Gasteiger partial charge in [0.25, 0.3) is 0 Å². The van der Waals surface area contributed by atoms with Gasteiger partial charge in [-0.25, -0.2) is 0 Å². The van der Waals surface area contributed by atoms with Gasteiger partial charge in [0.1, 0.15) is 6.07 Å². The highest BCUT2D eigenvalue weighted by Gasteiger charge is 2.25. The van der Waals surface area contributed by atoms with E-state index in [9.17, 15) is 0 Å². The molecule has 1 atom stereocenters. The molecule has 0 bridgehead atoms. The predicted molar refractivity (Wildman–Crippen MR) is 87.5 cm³/mol. The molecule has 0 saturated carbocycles. The largest absolute Gasteiger partial charge is 0.335 e. The van der Waals surface area contributed by atoms with Crippen molar-refractivity contribution >= 4 is 34.2 Å². The minimum atomic E-state index is 0.470. The number of thioether (sulfide) groups is 1. The van der Waals surface area contributed by atoms with Gasteiger partial charge in [-0.15, -0.1) is 0 Å². The van der Waals surface area contributed by atoms with E-state index in [4.69, 9.17) is 16.9 Å². The number of aliphatic imine (C=N–C) groups is 1. The molecule has 1 aliphatic heterocycles. The van der Waals surface area contributed by atoms with Gasteiger partial charge in [0, 0.05) is 10.9 Å². The number of halogens is 1. The van der Waals surface area contributed by atoms with Crippen LogP contribution in [0.5, 0.6) is 0 Å². The Kier molecular flexibility index (Phi) is 5.33. The van der Waals surface area contributed by atoms with Crippen LogP contribution >= 0.6 is 23.4 Å². The summed E-state index contributed by atoms with van der Waals surface area (Å²) in [5.41, 5.74) is 1.37. The number of hydrogen-bond donors (Lipinski definition) is 1. The number of anilines is 1. The van der Waals surface area contributed by atoms with Crippen molar-refractivity contribution in [1.29, 1.82) is 5.26 Å². The fourth-order valence-corrected chi connectivity index (χ4v) is 3.89. The lowest BCUT2D eigenvalue weighted by Gasteiger charge is -2.18. The third-order valence-electron chi connectivity index (χ3n) is 3.59. The van der Waals surface area contributed by atoms with Crippen molar-refractivity contribution < 1.29 is 0 Å². The smallest absolute Gasteiger partial charge is 0.161 e. The third kappa shape index (κ3) is 3.47. The Morgan fingerprint density at radius 1 is 1.50 bits per heavy atom. The molecule has 1 aromatic carbocycles. The zero-order valence-corrected chi connectivity index (χ0v) is 13.3. The maximum atomic E-state index is 8.86. The van der Waals surface area contributed by atoms with Crippen molar-refractivity contribution in [1.82, 2.24) is 0 Å². The quantitative estimate of drug-likeness (QED) is 0.889. The van der Waals surface area contributed by atoms with Gasteiger partial charge in [0.05, 0.1) is 17.1 Å². The second-order valence-corrected chi connectivity index (χ2v) is 6.45. The molecule has 1 N–H and O–H groups in total. The number of nitrogens with one attached hydrogen (secondary N) is 1. The summed E-state index contributed by atoms with van der Waals surface area (Å²) in [4.78, 5) is 4.56. The molecule has 0 amide bonds. The lowest BCUT2D eigenvalue weighted by Crippen LogP contribution is -2.17. The molecular formula is C15H18ClN3S. The highest BCUT2D eigenvalue weighted by molar-refractivity contribution is 8.15. The van der Waals surface area contributed by atoms with Gasteiger partial charge in [-0.3, -0.25) is 4.99 Å². The van der Waals surface area contributed by atoms with E-state index in [1.54, 1.807) is 12.1 Å². The van der Waals surface area contributed by atoms with Crippen LogP contribution in [0.1, 0.15) is 32.3 Å². The van der Waals surface area contributed by atoms with E-state index < -0.39 is 0 Å². The molecular weight excluding hydrogens is 290 g/mol. The Labute approximate surface area is 129 Å². The Hall–Kier alpha value is -1.18. The average Bonchev–Trinajstić information content (AvgIpc) is 2.89. The minimum Gasteiger partial charge on any atom is -0.335 e. The topological polar surface area (TPSA) is 48.2 Å². The summed E-state index contributed by atoms with van der Waals surface area (Å²) >= 11 is 7.84. The number of benzene rings is 1. The predicted octanol–water partition coefficient (Wildman–Crippen LogP) is 4.53. The third-order valence-corrected chi connectivity index (χ3v) is 5.20. The first kappa shape index (κ1) is 15.2. The molecule has 0 radical (unpaired) electrons. The first-order valence-corrected chi connectivity index (χ1v) is 8.11. The summed E-state index contributed by atoms with van der Waals surface area (Å²) in [5.74, 6) is 0.715. The number of nitriles is 1. The van der Waals surface area contributed by atoms with Crippen molar-refractivity contribution in [3.8, 4) is 6.07 Å². The SMILES string of the molecule is CCC(CC)C1CN=C(Nc2ccc(C#N)c(Cl)c2)S1. The number of amidine groups is 1. The molecule has 20 heavy (non-hydrogen) atoms. The molecule has 1 heterocycles. The molecule has 0 aliphatic carbocycles. The first-order chi connectivity index (χ1) is 9.67. The Morgan fingerprint density at radius 2 is 2.25 bits per heavy atom. The molecule has 1 aromatic rings. The summed E-state index contributed by atoms with van der Waals surface area (Å²) < 4.78 is 0. The maximum Gasteiger partial charge on any atom is 0.161 e. The second kappa shape index (κ2) is 7.01. The minimum absolute atomic E-state index is 0.470. The monoisotopic (exact) mass is 307 g/mol. The van der Waals surface area contributed by atoms with Crippen molar-refractivity contribution in [3.05, 3.63) is 28.8 Å². The zero-order chi connectivity index (χ0) is 14.5. The van der Waals surface area contributed by atoms with Crippen LogP contribution in [0.25, 0.3) is 0 Å². The van der Waals surface area contributed by atoms with E-state index in [0.29, 0.717) is 21.8 Å². The normalized spacial score (nSPS) is 17.9. The zero-order valence-electron chi connectivity index (χ0n) is 11.7. The van der Waals surface area contributed by atoms with Gasteiger partial charge in [-0.1, -0.05) is 50.1 Å². The molecule has 0 spiro atoms. The van der Waals surface area contributed by atoms with E-state index in [1.807, 2.05) is 17.8 Å². The number of nitrogens with zero attached hydrogens (tertiary/aromatic N) is 2. The van der Waals surface area contributed by atoms with Crippen molar-refractivity contribution in [2.45, 2.75) is 31.9 Å². The lowest BCUT2D eigenvalue weighted by molar-refractivity contribution is 0.479. The first-order valence-electron chi connectivity index (χ1n) is 6.85. The van der Waals surface area contributed by atoms with Gasteiger partial charge in [0.2, 0.25) is 0 Å². The van der Waals surface area contributed by atoms with Crippen LogP contribution in [0.15, 0.2) is 23.2 Å². The van der Waals surface area contributed by atoms with E-state index in [0.717, 1.165) is 17.4 Å². The molecule has 5 heteroatoms. The Bertz CT molecular complexity index is 547. The van der Waals surface area contributed by atoms with Gasteiger partial charge >= 0.3 is 0 Å². The van der Waals surface area contributed by atoms with E-state index >= 15 is 0 Å². The summed E-state index contributed by atoms with van der Waals surface area (Å²) in [6, 6.07) is 7.41. The van der Waals surface area contributed by atoms with Gasteiger partial charge in [-0.2, -0.15) is 5.26 Å². The van der Waals surface area contributed by atoms with Crippen LogP contribution in [-0.2, 0) is 0 Å². The van der Waals surface area contributed by atoms with E-state index in [1.165, 1.54) is 12.8 Å². The average molecular weight is 308 g/mol. The highest BCUT2D eigenvalue weighted by Crippen LogP contribution is 2.32. The second-order valence-electron chi connectivity index (χ2n) is 4.81. The lowest BCUT2D eigenvalue weighted by atomic mass is 9.99. The molecule has 1 unspecified atom stereocenters. The summed E-state index contributed by atoms with van der Waals surface area (Å²) in [6.45, 7) is 5.35. The molecule has 1 aliphatic rings.